The highest BCUT2D eigenvalue weighted by Gasteiger charge is 2.34. The van der Waals surface area contributed by atoms with Gasteiger partial charge >= 0.3 is 6.18 Å². The second-order valence-electron chi connectivity index (χ2n) is 6.73. The van der Waals surface area contributed by atoms with Crippen LogP contribution in [0.2, 0.25) is 5.02 Å². The van der Waals surface area contributed by atoms with Gasteiger partial charge in [0.15, 0.2) is 0 Å². The zero-order valence-corrected chi connectivity index (χ0v) is 17.0. The van der Waals surface area contributed by atoms with Crippen molar-refractivity contribution in [1.82, 2.24) is 10.2 Å². The van der Waals surface area contributed by atoms with Crippen molar-refractivity contribution in [2.45, 2.75) is 38.4 Å². The molecule has 0 radical (unpaired) electrons. The largest absolute Gasteiger partial charge is 0.417 e. The van der Waals surface area contributed by atoms with E-state index < -0.39 is 17.8 Å². The highest BCUT2D eigenvalue weighted by molar-refractivity contribution is 6.31. The topological polar surface area (TPSA) is 44.4 Å². The molecule has 1 aromatic carbocycles. The van der Waals surface area contributed by atoms with E-state index in [-0.39, 0.29) is 29.0 Å². The van der Waals surface area contributed by atoms with E-state index in [2.05, 4.69) is 15.5 Å². The van der Waals surface area contributed by atoms with E-state index in [1.807, 2.05) is 7.05 Å². The fourth-order valence-electron chi connectivity index (χ4n) is 3.21. The highest BCUT2D eigenvalue weighted by Crippen LogP contribution is 2.36. The number of rotatable bonds is 6. The summed E-state index contributed by atoms with van der Waals surface area (Å²) in [5.41, 5.74) is -0.850. The molecule has 1 fully saturated rings. The average Bonchev–Trinajstić information content (AvgIpc) is 2.60. The fourth-order valence-corrected chi connectivity index (χ4v) is 3.43. The molecule has 0 spiro atoms. The summed E-state index contributed by atoms with van der Waals surface area (Å²) in [6.45, 7) is 4.40. The molecule has 1 unspecified atom stereocenters. The Bertz CT molecular complexity index is 620. The Morgan fingerprint density at radius 3 is 2.52 bits per heavy atom. The van der Waals surface area contributed by atoms with Crippen molar-refractivity contribution in [2.24, 2.45) is 5.92 Å². The SMILES string of the molecule is CNCCC1CCN(C(C)C(=O)Nc2ccc(Cl)c(C(F)(F)F)c2)CC1.Cl. The Morgan fingerprint density at radius 1 is 1.33 bits per heavy atom. The molecule has 1 heterocycles. The number of hydrogen-bond acceptors (Lipinski definition) is 3. The van der Waals surface area contributed by atoms with E-state index in [9.17, 15) is 18.0 Å². The van der Waals surface area contributed by atoms with Crippen LogP contribution in [0.1, 0.15) is 31.7 Å². The molecular weight excluding hydrogens is 402 g/mol. The van der Waals surface area contributed by atoms with Crippen molar-refractivity contribution in [1.29, 1.82) is 0 Å². The van der Waals surface area contributed by atoms with Gasteiger partial charge in [0.2, 0.25) is 5.91 Å². The molecule has 9 heteroatoms. The van der Waals surface area contributed by atoms with Crippen molar-refractivity contribution in [3.63, 3.8) is 0 Å². The van der Waals surface area contributed by atoms with Crippen molar-refractivity contribution in [3.8, 4) is 0 Å². The molecule has 1 atom stereocenters. The standard InChI is InChI=1S/C18H25ClF3N3O.ClH/c1-12(25-9-6-13(7-10-25)5-8-23-2)17(26)24-14-3-4-16(19)15(11-14)18(20,21)22;/h3-4,11-13,23H,5-10H2,1-2H3,(H,24,26);1H. The molecule has 0 saturated carbocycles. The number of piperidine rings is 1. The van der Waals surface area contributed by atoms with Gasteiger partial charge in [-0.05, 0) is 77.0 Å². The summed E-state index contributed by atoms with van der Waals surface area (Å²) in [5, 5.41) is 5.34. The maximum atomic E-state index is 12.9. The van der Waals surface area contributed by atoms with Gasteiger partial charge in [-0.15, -0.1) is 12.4 Å². The summed E-state index contributed by atoms with van der Waals surface area (Å²) in [4.78, 5) is 14.5. The summed E-state index contributed by atoms with van der Waals surface area (Å²) in [6, 6.07) is 3.01. The summed E-state index contributed by atoms with van der Waals surface area (Å²) in [5.74, 6) is 0.341. The van der Waals surface area contributed by atoms with Crippen molar-refractivity contribution < 1.29 is 18.0 Å². The number of benzene rings is 1. The summed E-state index contributed by atoms with van der Waals surface area (Å²) in [6.07, 6.45) is -1.38. The first-order valence-electron chi connectivity index (χ1n) is 8.78. The van der Waals surface area contributed by atoms with Crippen LogP contribution < -0.4 is 10.6 Å². The van der Waals surface area contributed by atoms with Crippen molar-refractivity contribution >= 4 is 35.6 Å². The number of alkyl halides is 3. The fraction of sp³-hybridized carbons (Fsp3) is 0.611. The molecule has 1 saturated heterocycles. The van der Waals surface area contributed by atoms with Gasteiger partial charge in [0.05, 0.1) is 16.6 Å². The van der Waals surface area contributed by atoms with E-state index >= 15 is 0 Å². The Balaban J connectivity index is 0.00000364. The number of carbonyl (C=O) groups is 1. The third kappa shape index (κ3) is 6.82. The quantitative estimate of drug-likeness (QED) is 0.705. The molecule has 4 nitrogen and oxygen atoms in total. The first kappa shape index (κ1) is 24.0. The van der Waals surface area contributed by atoms with Gasteiger partial charge in [-0.3, -0.25) is 9.69 Å². The lowest BCUT2D eigenvalue weighted by Gasteiger charge is -2.35. The minimum atomic E-state index is -4.56. The van der Waals surface area contributed by atoms with Crippen LogP contribution in [0.25, 0.3) is 0 Å². The molecule has 0 aromatic heterocycles. The number of hydrogen-bond donors (Lipinski definition) is 2. The van der Waals surface area contributed by atoms with Gasteiger partial charge in [-0.2, -0.15) is 13.2 Å². The number of likely N-dealkylation sites (tertiary alicyclic amines) is 1. The van der Waals surface area contributed by atoms with Gasteiger partial charge in [0.25, 0.3) is 0 Å². The minimum Gasteiger partial charge on any atom is -0.325 e. The number of nitrogens with one attached hydrogen (secondary N) is 2. The van der Waals surface area contributed by atoms with Crippen LogP contribution in [0.5, 0.6) is 0 Å². The van der Waals surface area contributed by atoms with Crippen molar-refractivity contribution in [2.75, 3.05) is 32.0 Å². The maximum absolute atomic E-state index is 12.9. The molecule has 2 rings (SSSR count). The Kier molecular flexibility index (Phi) is 9.34. The number of nitrogens with zero attached hydrogens (tertiary/aromatic N) is 1. The first-order valence-corrected chi connectivity index (χ1v) is 9.16. The molecule has 0 bridgehead atoms. The van der Waals surface area contributed by atoms with Gasteiger partial charge in [-0.25, -0.2) is 0 Å². The average molecular weight is 428 g/mol. The zero-order valence-electron chi connectivity index (χ0n) is 15.4. The molecule has 1 aliphatic rings. The van der Waals surface area contributed by atoms with Crippen LogP contribution in [-0.4, -0.2) is 43.5 Å². The van der Waals surface area contributed by atoms with Crippen LogP contribution in [0.15, 0.2) is 18.2 Å². The van der Waals surface area contributed by atoms with Crippen LogP contribution in [0, 0.1) is 5.92 Å². The predicted octanol–water partition coefficient (Wildman–Crippen LogP) is 4.43. The van der Waals surface area contributed by atoms with Crippen LogP contribution in [0.4, 0.5) is 18.9 Å². The molecule has 1 aromatic rings. The normalized spacial score (nSPS) is 17.3. The van der Waals surface area contributed by atoms with Gasteiger partial charge < -0.3 is 10.6 Å². The van der Waals surface area contributed by atoms with E-state index in [0.717, 1.165) is 51.0 Å². The summed E-state index contributed by atoms with van der Waals surface area (Å²) in [7, 11) is 1.93. The molecular formula is C18H26Cl2F3N3O. The third-order valence-corrected chi connectivity index (χ3v) is 5.25. The van der Waals surface area contributed by atoms with E-state index in [1.165, 1.54) is 6.07 Å². The Hall–Kier alpha value is -1.02. The second-order valence-corrected chi connectivity index (χ2v) is 7.14. The third-order valence-electron chi connectivity index (χ3n) is 4.92. The number of anilines is 1. The Labute approximate surface area is 169 Å². The van der Waals surface area contributed by atoms with E-state index in [1.54, 1.807) is 6.92 Å². The van der Waals surface area contributed by atoms with Gasteiger partial charge in [-0.1, -0.05) is 11.6 Å². The first-order chi connectivity index (χ1) is 12.2. The Morgan fingerprint density at radius 2 is 1.96 bits per heavy atom. The monoisotopic (exact) mass is 427 g/mol. The predicted molar refractivity (Wildman–Crippen MR) is 105 cm³/mol. The maximum Gasteiger partial charge on any atom is 0.417 e. The smallest absolute Gasteiger partial charge is 0.325 e. The lowest BCUT2D eigenvalue weighted by molar-refractivity contribution is -0.137. The van der Waals surface area contributed by atoms with E-state index in [0.29, 0.717) is 5.92 Å². The molecule has 2 N–H and O–H groups in total. The van der Waals surface area contributed by atoms with Gasteiger partial charge in [0.1, 0.15) is 0 Å². The zero-order chi connectivity index (χ0) is 19.3. The highest BCUT2D eigenvalue weighted by atomic mass is 35.5. The minimum absolute atomic E-state index is 0. The molecule has 1 amide bonds. The molecule has 27 heavy (non-hydrogen) atoms. The molecule has 0 aliphatic carbocycles. The van der Waals surface area contributed by atoms with Crippen LogP contribution in [0.3, 0.4) is 0 Å². The lowest BCUT2D eigenvalue weighted by atomic mass is 9.93. The lowest BCUT2D eigenvalue weighted by Crippen LogP contribution is -2.46. The second kappa shape index (κ2) is 10.5. The van der Waals surface area contributed by atoms with Crippen LogP contribution >= 0.6 is 24.0 Å². The van der Waals surface area contributed by atoms with E-state index in [4.69, 9.17) is 11.6 Å². The number of halogens is 5. The summed E-state index contributed by atoms with van der Waals surface area (Å²) < 4.78 is 38.8. The number of carbonyl (C=O) groups excluding carboxylic acids is 1. The van der Waals surface area contributed by atoms with Crippen molar-refractivity contribution in [3.05, 3.63) is 28.8 Å². The van der Waals surface area contributed by atoms with Crippen LogP contribution in [-0.2, 0) is 11.0 Å². The van der Waals surface area contributed by atoms with Gasteiger partial charge in [0, 0.05) is 5.69 Å². The summed E-state index contributed by atoms with van der Waals surface area (Å²) >= 11 is 5.61. The molecule has 154 valence electrons. The molecule has 1 aliphatic heterocycles. The number of amides is 1.